The Morgan fingerprint density at radius 3 is 1.17 bits per heavy atom. The molecule has 0 bridgehead atoms. The monoisotopic (exact) mass is 1400 g/mol. The summed E-state index contributed by atoms with van der Waals surface area (Å²) in [4.78, 5) is 32.6. The van der Waals surface area contributed by atoms with E-state index in [0.717, 1.165) is 0 Å². The first kappa shape index (κ1) is 91.7. The first-order valence-corrected chi connectivity index (χ1v) is 8.52. The van der Waals surface area contributed by atoms with Crippen LogP contribution < -0.4 is 0 Å². The van der Waals surface area contributed by atoms with Crippen LogP contribution in [0.25, 0.3) is 10.6 Å². The summed E-state index contributed by atoms with van der Waals surface area (Å²) in [7, 11) is 0. The maximum atomic E-state index is 11.2. The summed E-state index contributed by atoms with van der Waals surface area (Å²) in [5.74, 6) is 0.224. The molecule has 0 rings (SSSR count). The zero-order valence-electron chi connectivity index (χ0n) is 23.3. The van der Waals surface area contributed by atoms with Gasteiger partial charge < -0.3 is 38.0 Å². The predicted molar refractivity (Wildman–Crippen MR) is 99.4 cm³/mol. The van der Waals surface area contributed by atoms with Crippen LogP contribution in [0, 0.1) is 24.8 Å². The molecule has 0 aromatic heterocycles. The Bertz CT molecular complexity index is 397. The molecular formula is C19H33N2O3Y12-5. The molecule has 0 amide bonds. The largest absolute Gasteiger partial charge is 0.811 e. The van der Waals surface area contributed by atoms with Crippen LogP contribution in [0.3, 0.4) is 0 Å². The maximum Gasteiger partial charge on any atom is 0.00127 e. The van der Waals surface area contributed by atoms with Gasteiger partial charge in [-0.1, -0.05) is 55.4 Å². The van der Waals surface area contributed by atoms with Crippen molar-refractivity contribution in [1.82, 2.24) is 0 Å². The standard InChI is InChI=1S/C11H18NO2.C8H15NO.12Y/c1-8(2)11(14)6-5-10(7-13)12-9(3)4;1-6(2)8(10)5-9-7(3)4;;;;;;;;;;;;/h6,8-10H,5H2,1-4H3;5-7H,1-4H3;;;;;;;;;;;;/q-3;-2;;;;;;;;;;;;. The van der Waals surface area contributed by atoms with Gasteiger partial charge in [-0.2, -0.15) is 6.04 Å². The molecule has 0 heterocycles. The van der Waals surface area contributed by atoms with Crippen LogP contribution in [-0.4, -0.2) is 36.0 Å². The van der Waals surface area contributed by atoms with Gasteiger partial charge in [-0.25, -0.2) is 6.42 Å². The average Bonchev–Trinajstić information content (AvgIpc) is 2.48. The third-order valence-electron chi connectivity index (χ3n) is 2.79. The van der Waals surface area contributed by atoms with Crippen molar-refractivity contribution < 1.29 is 407 Å². The normalized spacial score (nSPS) is 8.00. The molecule has 0 aliphatic heterocycles. The van der Waals surface area contributed by atoms with Crippen molar-refractivity contribution in [3.05, 3.63) is 23.6 Å². The molecule has 0 aliphatic carbocycles. The smallest absolute Gasteiger partial charge is 0.00127 e. The van der Waals surface area contributed by atoms with Gasteiger partial charge in [0, 0.05) is 398 Å². The first-order valence-electron chi connectivity index (χ1n) is 8.52. The molecule has 36 heavy (non-hydrogen) atoms. The van der Waals surface area contributed by atoms with Crippen LogP contribution in [0.4, 0.5) is 0 Å². The maximum absolute atomic E-state index is 11.2. The summed E-state index contributed by atoms with van der Waals surface area (Å²) in [5, 5.41) is 8.09. The number of rotatable bonds is 11. The molecule has 12 radical (unpaired) electrons. The first-order chi connectivity index (χ1) is 11.0. The number of Topliss-reactive ketones (excluding diaryl/α,β-unsaturated/α-hetero) is 2. The summed E-state index contributed by atoms with van der Waals surface area (Å²) >= 11 is 0. The minimum absolute atomic E-state index is 0. The molecule has 17 heteroatoms. The fourth-order valence-electron chi connectivity index (χ4n) is 1.33. The Hall–Kier alpha value is 11.9. The zero-order valence-corrected chi connectivity index (χ0v) is 57.4. The van der Waals surface area contributed by atoms with Gasteiger partial charge in [0.1, 0.15) is 0 Å². The molecule has 0 aromatic rings. The van der Waals surface area contributed by atoms with E-state index in [4.69, 9.17) is 0 Å². The molecule has 1 atom stereocenters. The van der Waals surface area contributed by atoms with E-state index in [1.165, 1.54) is 13.0 Å². The Kier molecular flexibility index (Phi) is 166. The molecule has 0 aliphatic rings. The molecule has 0 spiro atoms. The van der Waals surface area contributed by atoms with Gasteiger partial charge in [0.05, 0.1) is 0 Å². The SMILES string of the molecule is CC(C)[N-]C([C-]=O)C[CH-]C(=O)C(C)C.CC(C)[N-][CH-]C(=O)C(C)C.[Y].[Y].[Y].[Y].[Y].[Y].[Y].[Y].[Y].[Y].[Y].[Y]. The molecule has 0 aromatic carbocycles. The van der Waals surface area contributed by atoms with Crippen molar-refractivity contribution >= 4 is 17.9 Å². The van der Waals surface area contributed by atoms with Crippen molar-refractivity contribution in [3.8, 4) is 0 Å². The van der Waals surface area contributed by atoms with Crippen LogP contribution in [0.15, 0.2) is 0 Å². The van der Waals surface area contributed by atoms with Crippen LogP contribution in [-0.2, 0) is 407 Å². The van der Waals surface area contributed by atoms with Gasteiger partial charge in [0.25, 0.3) is 0 Å². The molecule has 0 N–H and O–H groups in total. The molecule has 1 unspecified atom stereocenters. The van der Waals surface area contributed by atoms with Gasteiger partial charge in [0.15, 0.2) is 0 Å². The number of nitrogens with zero attached hydrogens (tertiary/aromatic N) is 2. The Morgan fingerprint density at radius 2 is 0.944 bits per heavy atom. The number of hydrogen-bond donors (Lipinski definition) is 0. The van der Waals surface area contributed by atoms with E-state index in [0.29, 0.717) is 6.42 Å². The van der Waals surface area contributed by atoms with E-state index in [1.807, 2.05) is 61.7 Å². The summed E-state index contributed by atoms with van der Waals surface area (Å²) in [6.07, 6.45) is 3.74. The van der Waals surface area contributed by atoms with Gasteiger partial charge in [-0.05, 0) is 17.6 Å². The average molecular weight is 1400 g/mol. The number of carbonyl (C=O) groups excluding carboxylic acids is 3. The van der Waals surface area contributed by atoms with Crippen LogP contribution in [0.5, 0.6) is 0 Å². The quantitative estimate of drug-likeness (QED) is 0.292. The Balaban J connectivity index is -0.0000000172. The number of hydrogen-bond acceptors (Lipinski definition) is 3. The minimum atomic E-state index is -0.488. The summed E-state index contributed by atoms with van der Waals surface area (Å²) in [6, 6.07) is -0.163. The van der Waals surface area contributed by atoms with Crippen LogP contribution >= 0.6 is 0 Å². The fourth-order valence-corrected chi connectivity index (χ4v) is 1.33. The Morgan fingerprint density at radius 1 is 0.611 bits per heavy atom. The molecule has 5 nitrogen and oxygen atoms in total. The van der Waals surface area contributed by atoms with Crippen LogP contribution in [0.2, 0.25) is 0 Å². The molecule has 0 saturated carbocycles. The second kappa shape index (κ2) is 65.3. The zero-order chi connectivity index (χ0) is 19.3. The number of carbonyl (C=O) groups is 2. The van der Waals surface area contributed by atoms with Gasteiger partial charge >= 0.3 is 0 Å². The molecular weight excluding hydrogens is 1370 g/mol. The second-order valence-corrected chi connectivity index (χ2v) is 6.80. The van der Waals surface area contributed by atoms with Gasteiger partial charge in [-0.3, -0.25) is 12.3 Å². The van der Waals surface area contributed by atoms with Gasteiger partial charge in [-0.15, -0.1) is 6.04 Å². The third kappa shape index (κ3) is 71.8. The molecule has 178 valence electrons. The second-order valence-electron chi connectivity index (χ2n) is 6.80. The predicted octanol–water partition coefficient (Wildman–Crippen LogP) is 4.19. The van der Waals surface area contributed by atoms with Crippen molar-refractivity contribution in [2.24, 2.45) is 11.8 Å². The van der Waals surface area contributed by atoms with Crippen molar-refractivity contribution in [3.63, 3.8) is 0 Å². The van der Waals surface area contributed by atoms with Crippen LogP contribution in [0.1, 0.15) is 61.8 Å². The van der Waals surface area contributed by atoms with E-state index in [-0.39, 0.29) is 428 Å². The van der Waals surface area contributed by atoms with Gasteiger partial charge in [0.2, 0.25) is 0 Å². The fraction of sp³-hybridized carbons (Fsp3) is 0.737. The van der Waals surface area contributed by atoms with E-state index in [1.54, 1.807) is 0 Å². The number of ketones is 2. The van der Waals surface area contributed by atoms with E-state index in [9.17, 15) is 14.4 Å². The third-order valence-corrected chi connectivity index (χ3v) is 2.79. The molecule has 0 fully saturated rings. The summed E-state index contributed by atoms with van der Waals surface area (Å²) in [5.41, 5.74) is 0. The van der Waals surface area contributed by atoms with E-state index >= 15 is 0 Å². The summed E-state index contributed by atoms with van der Waals surface area (Å²) < 4.78 is 0. The van der Waals surface area contributed by atoms with Crippen molar-refractivity contribution in [1.29, 1.82) is 0 Å². The summed E-state index contributed by atoms with van der Waals surface area (Å²) in [6.45, 7) is 16.5. The van der Waals surface area contributed by atoms with Crippen molar-refractivity contribution in [2.45, 2.75) is 79.9 Å². The topological polar surface area (TPSA) is 79.4 Å². The Labute approximate surface area is 525 Å². The van der Waals surface area contributed by atoms with E-state index in [2.05, 4.69) is 10.6 Å². The van der Waals surface area contributed by atoms with Crippen molar-refractivity contribution in [2.75, 3.05) is 0 Å². The van der Waals surface area contributed by atoms with E-state index < -0.39 is 6.04 Å². The molecule has 0 saturated heterocycles. The minimum Gasteiger partial charge on any atom is -0.811 e.